The van der Waals surface area contributed by atoms with Crippen molar-refractivity contribution in [3.63, 3.8) is 0 Å². The van der Waals surface area contributed by atoms with E-state index in [4.69, 9.17) is 24.7 Å². The zero-order chi connectivity index (χ0) is 57.5. The topological polar surface area (TPSA) is 173 Å². The molecule has 0 bridgehead atoms. The fourth-order valence-electron chi connectivity index (χ4n) is 7.00. The summed E-state index contributed by atoms with van der Waals surface area (Å²) in [4.78, 5) is 12.0. The molecule has 0 amide bonds. The first-order valence-corrected chi connectivity index (χ1v) is 22.3. The van der Waals surface area contributed by atoms with Gasteiger partial charge < -0.3 is 14.2 Å². The Morgan fingerprint density at radius 3 is 1.56 bits per heavy atom. The summed E-state index contributed by atoms with van der Waals surface area (Å²) in [7, 11) is 3.42. The Labute approximate surface area is 439 Å². The molecule has 0 radical (unpaired) electrons. The van der Waals surface area contributed by atoms with Crippen LogP contribution in [-0.2, 0) is 26.4 Å². The van der Waals surface area contributed by atoms with Crippen molar-refractivity contribution in [3.8, 4) is 87.1 Å². The number of nitrogens with zero attached hydrogens (tertiary/aromatic N) is 10. The van der Waals surface area contributed by atoms with Crippen LogP contribution in [0.15, 0.2) is 121 Å². The number of hydrogen-bond acceptors (Lipinski definition) is 11. The van der Waals surface area contributed by atoms with Crippen LogP contribution >= 0.6 is 0 Å². The first-order chi connectivity index (χ1) is 37.3. The fourth-order valence-corrected chi connectivity index (χ4v) is 7.00. The number of ether oxygens (including phenoxy) is 3. The van der Waals surface area contributed by atoms with Crippen molar-refractivity contribution < 1.29 is 66.9 Å². The predicted molar refractivity (Wildman–Crippen MR) is 255 cm³/mol. The van der Waals surface area contributed by atoms with Gasteiger partial charge in [-0.1, -0.05) is 18.2 Å². The zero-order valence-electron chi connectivity index (χ0n) is 40.8. The largest absolute Gasteiger partial charge is 0.436 e. The van der Waals surface area contributed by atoms with Gasteiger partial charge in [-0.05, 0) is 86.6 Å². The first-order valence-electron chi connectivity index (χ1n) is 22.3. The van der Waals surface area contributed by atoms with Crippen LogP contribution in [0, 0.1) is 82.7 Å². The summed E-state index contributed by atoms with van der Waals surface area (Å²) in [5.41, 5.74) is -1.29. The minimum atomic E-state index is -4.72. The summed E-state index contributed by atoms with van der Waals surface area (Å²) < 4.78 is 179. The Morgan fingerprint density at radius 2 is 1.05 bits per heavy atom. The van der Waals surface area contributed by atoms with Crippen LogP contribution in [0.3, 0.4) is 0 Å². The fraction of sp³-hybridized carbons (Fsp3) is 0.111. The monoisotopic (exact) mass is 1100 g/mol. The van der Waals surface area contributed by atoms with Gasteiger partial charge in [-0.2, -0.15) is 56.7 Å². The van der Waals surface area contributed by atoms with Crippen LogP contribution in [0.5, 0.6) is 35.1 Å². The van der Waals surface area contributed by atoms with Crippen LogP contribution < -0.4 is 14.2 Å². The SMILES string of the molecule is Cc1cc(Oc2cc(C#N)cc(-c3ccc(F)c(F)c3)n2)n(C)n1.Cc1cc(Oc2cc(C#N)cc(-c3ccc(F)cc3F)n2)n(C)n1.N#Cc1c(F)c(Oc2cccc(C(F)(F)F)c2)nc(-c2ccc(C(F)(F)F)cc2)c1F. The molecule has 9 rings (SSSR count). The van der Waals surface area contributed by atoms with Crippen LogP contribution in [0.2, 0.25) is 0 Å². The standard InChI is InChI=1S/C20H8F8N2O.2C17H12F2N4O/c21-15-14(9-29)16(22)18(31-13-3-1-2-12(8-13)20(26,27)28)30-17(15)10-4-6-11(7-5-10)19(23,24)25;1-10-5-17(23(2)22-10)24-16-7-11(9-20)6-15(21-16)13-4-3-12(18)8-14(13)19;1-10-5-17(23(2)22-10)24-16-7-11(9-20)6-15(21-16)12-3-4-13(18)14(19)8-12/h1-8H;2*3-8H,1-2H3. The minimum absolute atomic E-state index is 0.0829. The minimum Gasteiger partial charge on any atom is -0.436 e. The predicted octanol–water partition coefficient (Wildman–Crippen LogP) is 14.2. The summed E-state index contributed by atoms with van der Waals surface area (Å²) >= 11 is 0. The van der Waals surface area contributed by atoms with Gasteiger partial charge in [-0.25, -0.2) is 46.3 Å². The maximum Gasteiger partial charge on any atom is 0.416 e. The number of alkyl halides is 6. The lowest BCUT2D eigenvalue weighted by Crippen LogP contribution is -2.06. The molecule has 0 aliphatic carbocycles. The van der Waals surface area contributed by atoms with Crippen molar-refractivity contribution in [1.82, 2.24) is 34.5 Å². The number of halogens is 12. The second-order valence-electron chi connectivity index (χ2n) is 16.4. The molecule has 0 spiro atoms. The number of pyridine rings is 3. The summed E-state index contributed by atoms with van der Waals surface area (Å²) in [5, 5.41) is 35.7. The summed E-state index contributed by atoms with van der Waals surface area (Å²) in [6.45, 7) is 3.63. The van der Waals surface area contributed by atoms with Crippen molar-refractivity contribution >= 4 is 0 Å². The Balaban J connectivity index is 0.000000174. The summed E-state index contributed by atoms with van der Waals surface area (Å²) in [6.07, 6.45) is -9.39. The summed E-state index contributed by atoms with van der Waals surface area (Å²) in [6, 6.07) is 27.3. The van der Waals surface area contributed by atoms with Crippen molar-refractivity contribution in [2.24, 2.45) is 14.1 Å². The molecule has 5 aromatic heterocycles. The highest BCUT2D eigenvalue weighted by Gasteiger charge is 2.32. The number of hydrogen-bond donors (Lipinski definition) is 0. The van der Waals surface area contributed by atoms with Gasteiger partial charge in [-0.15, -0.1) is 0 Å². The average Bonchev–Trinajstić information content (AvgIpc) is 3.96. The molecular formula is C54H32F12N10O3. The van der Waals surface area contributed by atoms with Crippen LogP contribution in [-0.4, -0.2) is 34.5 Å². The lowest BCUT2D eigenvalue weighted by atomic mass is 10.1. The third-order valence-electron chi connectivity index (χ3n) is 10.6. The highest BCUT2D eigenvalue weighted by atomic mass is 19.4. The molecule has 4 aromatic carbocycles. The van der Waals surface area contributed by atoms with Crippen molar-refractivity contribution in [3.05, 3.63) is 195 Å². The number of rotatable bonds is 9. The average molecular weight is 1100 g/mol. The van der Waals surface area contributed by atoms with E-state index < -0.39 is 81.3 Å². The molecule has 0 fully saturated rings. The number of aromatic nitrogens is 7. The van der Waals surface area contributed by atoms with E-state index in [0.29, 0.717) is 46.8 Å². The Bertz CT molecular complexity index is 3880. The third-order valence-corrected chi connectivity index (χ3v) is 10.6. The van der Waals surface area contributed by atoms with E-state index in [1.165, 1.54) is 51.8 Å². The van der Waals surface area contributed by atoms with Gasteiger partial charge in [0.2, 0.25) is 29.3 Å². The van der Waals surface area contributed by atoms with Gasteiger partial charge in [0.05, 0.1) is 57.2 Å². The van der Waals surface area contributed by atoms with Crippen molar-refractivity contribution in [2.75, 3.05) is 0 Å². The van der Waals surface area contributed by atoms with Gasteiger partial charge in [0.25, 0.3) is 5.88 Å². The van der Waals surface area contributed by atoms with Gasteiger partial charge in [0.1, 0.15) is 34.7 Å². The Morgan fingerprint density at radius 1 is 0.494 bits per heavy atom. The Kier molecular flexibility index (Phi) is 16.7. The van der Waals surface area contributed by atoms with Crippen molar-refractivity contribution in [1.29, 1.82) is 15.8 Å². The molecule has 5 heterocycles. The van der Waals surface area contributed by atoms with E-state index >= 15 is 0 Å². The third kappa shape index (κ3) is 13.8. The van der Waals surface area contributed by atoms with E-state index in [1.54, 1.807) is 26.2 Å². The van der Waals surface area contributed by atoms with E-state index in [1.807, 2.05) is 26.0 Å². The van der Waals surface area contributed by atoms with Gasteiger partial charge in [-0.3, -0.25) is 0 Å². The molecule has 0 saturated heterocycles. The van der Waals surface area contributed by atoms with Crippen LogP contribution in [0.1, 0.15) is 39.2 Å². The molecule has 25 heteroatoms. The first kappa shape index (κ1) is 56.5. The molecule has 0 N–H and O–H groups in total. The lowest BCUT2D eigenvalue weighted by molar-refractivity contribution is -0.138. The van der Waals surface area contributed by atoms with Gasteiger partial charge in [0.15, 0.2) is 17.5 Å². The molecule has 0 unspecified atom stereocenters. The molecule has 0 aliphatic rings. The second-order valence-corrected chi connectivity index (χ2v) is 16.4. The van der Waals surface area contributed by atoms with E-state index in [9.17, 15) is 57.9 Å². The molecule has 9 aromatic rings. The molecule has 13 nitrogen and oxygen atoms in total. The summed E-state index contributed by atoms with van der Waals surface area (Å²) in [5.74, 6) is -6.78. The molecule has 400 valence electrons. The number of nitriles is 3. The van der Waals surface area contributed by atoms with Gasteiger partial charge in [0, 0.05) is 61.1 Å². The molecule has 0 saturated carbocycles. The highest BCUT2D eigenvalue weighted by Crippen LogP contribution is 2.37. The quantitative estimate of drug-likeness (QED) is 0.126. The van der Waals surface area contributed by atoms with Crippen LogP contribution in [0.4, 0.5) is 52.7 Å². The van der Waals surface area contributed by atoms with Crippen LogP contribution in [0.25, 0.3) is 33.8 Å². The molecule has 0 atom stereocenters. The molecular weight excluding hydrogens is 1060 g/mol. The molecule has 0 aliphatic heterocycles. The number of benzene rings is 4. The maximum atomic E-state index is 14.5. The lowest BCUT2D eigenvalue weighted by Gasteiger charge is -2.13. The van der Waals surface area contributed by atoms with E-state index in [2.05, 4.69) is 25.1 Å². The number of aryl methyl sites for hydroxylation is 4. The zero-order valence-corrected chi connectivity index (χ0v) is 40.8. The second kappa shape index (κ2) is 23.3. The molecule has 79 heavy (non-hydrogen) atoms. The highest BCUT2D eigenvalue weighted by molar-refractivity contribution is 5.65. The maximum absolute atomic E-state index is 14.5. The van der Waals surface area contributed by atoms with E-state index in [-0.39, 0.29) is 34.1 Å². The smallest absolute Gasteiger partial charge is 0.416 e. The van der Waals surface area contributed by atoms with Gasteiger partial charge >= 0.3 is 12.4 Å². The van der Waals surface area contributed by atoms with E-state index in [0.717, 1.165) is 66.0 Å². The van der Waals surface area contributed by atoms with Crippen molar-refractivity contribution in [2.45, 2.75) is 26.2 Å². The normalized spacial score (nSPS) is 11.0. The Hall–Kier alpha value is -10.2.